The molecular formula is C14H21ClN2. The van der Waals surface area contributed by atoms with Crippen molar-refractivity contribution in [3.05, 3.63) is 28.8 Å². The quantitative estimate of drug-likeness (QED) is 0.876. The van der Waals surface area contributed by atoms with E-state index in [4.69, 9.17) is 17.3 Å². The van der Waals surface area contributed by atoms with Gasteiger partial charge in [-0.25, -0.2) is 0 Å². The van der Waals surface area contributed by atoms with E-state index in [1.165, 1.54) is 17.7 Å². The fourth-order valence-electron chi connectivity index (χ4n) is 2.91. The van der Waals surface area contributed by atoms with Crippen molar-refractivity contribution in [1.82, 2.24) is 0 Å². The smallest absolute Gasteiger partial charge is 0.0410 e. The van der Waals surface area contributed by atoms with Crippen LogP contribution in [-0.4, -0.2) is 18.6 Å². The van der Waals surface area contributed by atoms with E-state index >= 15 is 0 Å². The molecule has 17 heavy (non-hydrogen) atoms. The van der Waals surface area contributed by atoms with Crippen molar-refractivity contribution in [3.8, 4) is 0 Å². The van der Waals surface area contributed by atoms with E-state index in [-0.39, 0.29) is 5.54 Å². The second-order valence-corrected chi connectivity index (χ2v) is 5.89. The van der Waals surface area contributed by atoms with Crippen molar-refractivity contribution >= 4 is 17.3 Å². The van der Waals surface area contributed by atoms with E-state index in [0.29, 0.717) is 5.92 Å². The first-order chi connectivity index (χ1) is 7.96. The van der Waals surface area contributed by atoms with E-state index in [0.717, 1.165) is 18.1 Å². The SMILES string of the molecule is Cc1cc(Cl)ccc1N1CCC(CN)C1(C)C. The van der Waals surface area contributed by atoms with Crippen LogP contribution in [0.1, 0.15) is 25.8 Å². The zero-order valence-electron chi connectivity index (χ0n) is 10.8. The normalized spacial score (nSPS) is 23.1. The average molecular weight is 253 g/mol. The van der Waals surface area contributed by atoms with Crippen molar-refractivity contribution in [2.75, 3.05) is 18.0 Å². The largest absolute Gasteiger partial charge is 0.366 e. The van der Waals surface area contributed by atoms with Gasteiger partial charge in [-0.1, -0.05) is 11.6 Å². The number of rotatable bonds is 2. The summed E-state index contributed by atoms with van der Waals surface area (Å²) in [6, 6.07) is 6.12. The van der Waals surface area contributed by atoms with Gasteiger partial charge in [0.15, 0.2) is 0 Å². The summed E-state index contributed by atoms with van der Waals surface area (Å²) < 4.78 is 0. The highest BCUT2D eigenvalue weighted by molar-refractivity contribution is 6.30. The summed E-state index contributed by atoms with van der Waals surface area (Å²) in [7, 11) is 0. The molecule has 2 nitrogen and oxygen atoms in total. The maximum Gasteiger partial charge on any atom is 0.0410 e. The molecule has 0 spiro atoms. The van der Waals surface area contributed by atoms with Crippen LogP contribution in [0.5, 0.6) is 0 Å². The van der Waals surface area contributed by atoms with Crippen LogP contribution >= 0.6 is 11.6 Å². The molecule has 1 saturated heterocycles. The minimum absolute atomic E-state index is 0.132. The summed E-state index contributed by atoms with van der Waals surface area (Å²) in [6.07, 6.45) is 1.17. The van der Waals surface area contributed by atoms with Gasteiger partial charge in [0, 0.05) is 22.8 Å². The number of halogens is 1. The van der Waals surface area contributed by atoms with E-state index < -0.39 is 0 Å². The van der Waals surface area contributed by atoms with Gasteiger partial charge < -0.3 is 10.6 Å². The van der Waals surface area contributed by atoms with Gasteiger partial charge in [0.1, 0.15) is 0 Å². The van der Waals surface area contributed by atoms with Crippen molar-refractivity contribution < 1.29 is 0 Å². The summed E-state index contributed by atoms with van der Waals surface area (Å²) in [4.78, 5) is 2.47. The Morgan fingerprint density at radius 3 is 2.71 bits per heavy atom. The molecule has 1 aromatic rings. The first-order valence-electron chi connectivity index (χ1n) is 6.20. The Labute approximate surface area is 109 Å². The first kappa shape index (κ1) is 12.7. The van der Waals surface area contributed by atoms with Gasteiger partial charge in [0.2, 0.25) is 0 Å². The van der Waals surface area contributed by atoms with Crippen LogP contribution in [0.2, 0.25) is 5.02 Å². The van der Waals surface area contributed by atoms with Crippen LogP contribution in [-0.2, 0) is 0 Å². The summed E-state index contributed by atoms with van der Waals surface area (Å²) in [5.74, 6) is 0.567. The molecule has 2 rings (SSSR count). The molecule has 0 aromatic heterocycles. The zero-order valence-corrected chi connectivity index (χ0v) is 11.6. The van der Waals surface area contributed by atoms with Crippen LogP contribution in [0, 0.1) is 12.8 Å². The highest BCUT2D eigenvalue weighted by atomic mass is 35.5. The molecule has 1 aliphatic heterocycles. The molecule has 1 aliphatic rings. The van der Waals surface area contributed by atoms with Crippen molar-refractivity contribution in [3.63, 3.8) is 0 Å². The summed E-state index contributed by atoms with van der Waals surface area (Å²) in [5.41, 5.74) is 8.52. The number of nitrogens with two attached hydrogens (primary N) is 1. The van der Waals surface area contributed by atoms with Crippen molar-refractivity contribution in [1.29, 1.82) is 0 Å². The number of aryl methyl sites for hydroxylation is 1. The molecule has 1 atom stereocenters. The lowest BCUT2D eigenvalue weighted by Gasteiger charge is -2.38. The summed E-state index contributed by atoms with van der Waals surface area (Å²) >= 11 is 6.01. The third kappa shape index (κ3) is 2.16. The number of nitrogens with zero attached hydrogens (tertiary/aromatic N) is 1. The third-order valence-electron chi connectivity index (χ3n) is 4.13. The molecule has 1 unspecified atom stereocenters. The Hall–Kier alpha value is -0.730. The molecule has 0 aliphatic carbocycles. The molecule has 0 amide bonds. The Morgan fingerprint density at radius 1 is 1.47 bits per heavy atom. The van der Waals surface area contributed by atoms with Crippen LogP contribution in [0.4, 0.5) is 5.69 Å². The minimum atomic E-state index is 0.132. The van der Waals surface area contributed by atoms with Gasteiger partial charge in [-0.05, 0) is 63.4 Å². The molecule has 1 heterocycles. The molecule has 2 N–H and O–H groups in total. The lowest BCUT2D eigenvalue weighted by atomic mass is 9.88. The Kier molecular flexibility index (Phi) is 3.37. The molecule has 94 valence electrons. The van der Waals surface area contributed by atoms with Crippen LogP contribution < -0.4 is 10.6 Å². The Balaban J connectivity index is 2.35. The van der Waals surface area contributed by atoms with Gasteiger partial charge in [-0.2, -0.15) is 0 Å². The molecule has 3 heteroatoms. The number of hydrogen-bond acceptors (Lipinski definition) is 2. The fourth-order valence-corrected chi connectivity index (χ4v) is 3.13. The molecular weight excluding hydrogens is 232 g/mol. The van der Waals surface area contributed by atoms with Crippen molar-refractivity contribution in [2.45, 2.75) is 32.7 Å². The predicted octanol–water partition coefficient (Wildman–Crippen LogP) is 3.21. The summed E-state index contributed by atoms with van der Waals surface area (Å²) in [6.45, 7) is 8.53. The van der Waals surface area contributed by atoms with E-state index in [2.05, 4.69) is 31.7 Å². The maximum absolute atomic E-state index is 6.01. The van der Waals surface area contributed by atoms with Gasteiger partial charge in [-0.15, -0.1) is 0 Å². The summed E-state index contributed by atoms with van der Waals surface area (Å²) in [5, 5.41) is 0.804. The molecule has 0 radical (unpaired) electrons. The van der Waals surface area contributed by atoms with Gasteiger partial charge in [0.25, 0.3) is 0 Å². The van der Waals surface area contributed by atoms with E-state index in [9.17, 15) is 0 Å². The van der Waals surface area contributed by atoms with Crippen molar-refractivity contribution in [2.24, 2.45) is 11.7 Å². The average Bonchev–Trinajstić information content (AvgIpc) is 2.54. The monoisotopic (exact) mass is 252 g/mol. The van der Waals surface area contributed by atoms with E-state index in [1.54, 1.807) is 0 Å². The second-order valence-electron chi connectivity index (χ2n) is 5.46. The highest BCUT2D eigenvalue weighted by Gasteiger charge is 2.40. The highest BCUT2D eigenvalue weighted by Crippen LogP contribution is 2.39. The fraction of sp³-hybridized carbons (Fsp3) is 0.571. The predicted molar refractivity (Wildman–Crippen MR) is 74.8 cm³/mol. The zero-order chi connectivity index (χ0) is 12.6. The molecule has 0 saturated carbocycles. The van der Waals surface area contributed by atoms with Gasteiger partial charge in [0.05, 0.1) is 0 Å². The van der Waals surface area contributed by atoms with Crippen LogP contribution in [0.3, 0.4) is 0 Å². The molecule has 1 aromatic carbocycles. The molecule has 0 bridgehead atoms. The topological polar surface area (TPSA) is 29.3 Å². The first-order valence-corrected chi connectivity index (χ1v) is 6.58. The number of hydrogen-bond donors (Lipinski definition) is 1. The van der Waals surface area contributed by atoms with Gasteiger partial charge in [-0.3, -0.25) is 0 Å². The third-order valence-corrected chi connectivity index (χ3v) is 4.37. The number of benzene rings is 1. The molecule has 1 fully saturated rings. The lowest BCUT2D eigenvalue weighted by molar-refractivity contribution is 0.373. The lowest BCUT2D eigenvalue weighted by Crippen LogP contribution is -2.45. The second kappa shape index (κ2) is 4.51. The Morgan fingerprint density at radius 2 is 2.18 bits per heavy atom. The Bertz CT molecular complexity index is 415. The van der Waals surface area contributed by atoms with Crippen LogP contribution in [0.25, 0.3) is 0 Å². The van der Waals surface area contributed by atoms with E-state index in [1.807, 2.05) is 12.1 Å². The standard InChI is InChI=1S/C14H21ClN2/c1-10-8-12(15)4-5-13(10)17-7-6-11(9-16)14(17,2)3/h4-5,8,11H,6-7,9,16H2,1-3H3. The minimum Gasteiger partial charge on any atom is -0.366 e. The van der Waals surface area contributed by atoms with Crippen LogP contribution in [0.15, 0.2) is 18.2 Å². The maximum atomic E-state index is 6.01. The number of anilines is 1. The van der Waals surface area contributed by atoms with Gasteiger partial charge >= 0.3 is 0 Å².